The fourth-order valence-corrected chi connectivity index (χ4v) is 3.45. The summed E-state index contributed by atoms with van der Waals surface area (Å²) >= 11 is 6.18. The first kappa shape index (κ1) is 20.6. The lowest BCUT2D eigenvalue weighted by molar-refractivity contribution is 0.0943. The van der Waals surface area contributed by atoms with Gasteiger partial charge in [-0.05, 0) is 63.6 Å². The Balaban J connectivity index is 1.85. The molecular weight excluding hydrogens is 384 g/mol. The van der Waals surface area contributed by atoms with E-state index in [9.17, 15) is 4.79 Å². The highest BCUT2D eigenvalue weighted by Gasteiger charge is 2.15. The van der Waals surface area contributed by atoms with E-state index < -0.39 is 0 Å². The minimum Gasteiger partial charge on any atom is -0.350 e. The molecule has 1 heterocycles. The largest absolute Gasteiger partial charge is 0.350 e. The van der Waals surface area contributed by atoms with Gasteiger partial charge in [0.25, 0.3) is 5.91 Å². The summed E-state index contributed by atoms with van der Waals surface area (Å²) in [5, 5.41) is 17.0. The van der Waals surface area contributed by atoms with Gasteiger partial charge in [-0.15, -0.1) is 0 Å². The van der Waals surface area contributed by atoms with Crippen molar-refractivity contribution < 1.29 is 4.79 Å². The quantitative estimate of drug-likeness (QED) is 0.665. The van der Waals surface area contributed by atoms with Crippen molar-refractivity contribution in [3.63, 3.8) is 0 Å². The van der Waals surface area contributed by atoms with Gasteiger partial charge in [0.15, 0.2) is 0 Å². The van der Waals surface area contributed by atoms with Gasteiger partial charge in [0.05, 0.1) is 22.0 Å². The molecular formula is C23H23ClN4O. The zero-order valence-electron chi connectivity index (χ0n) is 17.0. The number of hydrogen-bond acceptors (Lipinski definition) is 3. The third kappa shape index (κ3) is 4.49. The van der Waals surface area contributed by atoms with Crippen LogP contribution in [0.15, 0.2) is 42.5 Å². The predicted octanol–water partition coefficient (Wildman–Crippen LogP) is 4.74. The van der Waals surface area contributed by atoms with E-state index in [4.69, 9.17) is 16.9 Å². The van der Waals surface area contributed by atoms with Gasteiger partial charge in [-0.2, -0.15) is 10.4 Å². The van der Waals surface area contributed by atoms with Crippen LogP contribution in [0.2, 0.25) is 5.02 Å². The van der Waals surface area contributed by atoms with Gasteiger partial charge in [-0.3, -0.25) is 4.79 Å². The van der Waals surface area contributed by atoms with Crippen LogP contribution in [0.25, 0.3) is 5.69 Å². The number of halogens is 1. The van der Waals surface area contributed by atoms with Gasteiger partial charge in [0.1, 0.15) is 6.07 Å². The molecule has 0 bridgehead atoms. The number of carbonyl (C=O) groups is 1. The second-order valence-corrected chi connectivity index (χ2v) is 7.75. The standard InChI is InChI=1S/C23H23ClN4O/c1-14(2)26-23(29)18-7-5-17(6-8-18)11-21-15(3)27-28(16(21)4)20-10-9-19(13-25)22(24)12-20/h5-10,12,14H,11H2,1-4H3,(H,26,29). The Bertz CT molecular complexity index is 1090. The van der Waals surface area contributed by atoms with E-state index in [2.05, 4.69) is 16.5 Å². The van der Waals surface area contributed by atoms with E-state index in [1.54, 1.807) is 12.1 Å². The summed E-state index contributed by atoms with van der Waals surface area (Å²) in [6.07, 6.45) is 0.716. The molecule has 1 amide bonds. The van der Waals surface area contributed by atoms with Crippen LogP contribution in [0.3, 0.4) is 0 Å². The fourth-order valence-electron chi connectivity index (χ4n) is 3.23. The number of rotatable bonds is 5. The lowest BCUT2D eigenvalue weighted by Gasteiger charge is -2.09. The molecule has 3 aromatic rings. The summed E-state index contributed by atoms with van der Waals surface area (Å²) in [5.41, 5.74) is 6.10. The summed E-state index contributed by atoms with van der Waals surface area (Å²) in [7, 11) is 0. The third-order valence-corrected chi connectivity index (χ3v) is 5.09. The number of hydrogen-bond donors (Lipinski definition) is 1. The van der Waals surface area contributed by atoms with Gasteiger partial charge in [-0.25, -0.2) is 4.68 Å². The zero-order valence-corrected chi connectivity index (χ0v) is 17.7. The van der Waals surface area contributed by atoms with Gasteiger partial charge >= 0.3 is 0 Å². The minimum absolute atomic E-state index is 0.0653. The molecule has 0 aliphatic heterocycles. The average Bonchev–Trinajstić information content (AvgIpc) is 2.96. The van der Waals surface area contributed by atoms with Gasteiger partial charge in [-0.1, -0.05) is 23.7 Å². The first-order valence-corrected chi connectivity index (χ1v) is 9.83. The van der Waals surface area contributed by atoms with Crippen molar-refractivity contribution in [3.8, 4) is 11.8 Å². The number of nitrogens with one attached hydrogen (secondary N) is 1. The maximum atomic E-state index is 12.1. The van der Waals surface area contributed by atoms with Crippen LogP contribution in [0.1, 0.15) is 52.3 Å². The smallest absolute Gasteiger partial charge is 0.251 e. The van der Waals surface area contributed by atoms with Crippen molar-refractivity contribution in [2.45, 2.75) is 40.2 Å². The Kier molecular flexibility index (Phi) is 6.05. The first-order chi connectivity index (χ1) is 13.8. The molecule has 3 rings (SSSR count). The van der Waals surface area contributed by atoms with Crippen molar-refractivity contribution >= 4 is 17.5 Å². The topological polar surface area (TPSA) is 70.7 Å². The van der Waals surface area contributed by atoms with E-state index in [1.165, 1.54) is 0 Å². The number of aryl methyl sites for hydroxylation is 1. The van der Waals surface area contributed by atoms with Crippen LogP contribution >= 0.6 is 11.6 Å². The van der Waals surface area contributed by atoms with Crippen molar-refractivity contribution in [1.82, 2.24) is 15.1 Å². The minimum atomic E-state index is -0.0653. The maximum Gasteiger partial charge on any atom is 0.251 e. The highest BCUT2D eigenvalue weighted by atomic mass is 35.5. The molecule has 0 aliphatic rings. The van der Waals surface area contributed by atoms with Crippen LogP contribution < -0.4 is 5.32 Å². The number of nitrogens with zero attached hydrogens (tertiary/aromatic N) is 3. The van der Waals surface area contributed by atoms with Crippen molar-refractivity contribution in [3.05, 3.63) is 81.1 Å². The van der Waals surface area contributed by atoms with Crippen molar-refractivity contribution in [2.75, 3.05) is 0 Å². The Morgan fingerprint density at radius 1 is 1.21 bits per heavy atom. The van der Waals surface area contributed by atoms with Crippen LogP contribution in [0, 0.1) is 25.2 Å². The normalized spacial score (nSPS) is 10.8. The summed E-state index contributed by atoms with van der Waals surface area (Å²) in [6.45, 7) is 7.88. The second kappa shape index (κ2) is 8.50. The molecule has 148 valence electrons. The Hall–Kier alpha value is -3.10. The first-order valence-electron chi connectivity index (χ1n) is 9.45. The molecule has 0 atom stereocenters. The molecule has 1 N–H and O–H groups in total. The summed E-state index contributed by atoms with van der Waals surface area (Å²) in [6, 6.07) is 15.1. The van der Waals surface area contributed by atoms with E-state index in [0.717, 1.165) is 28.2 Å². The van der Waals surface area contributed by atoms with Crippen LogP contribution in [0.4, 0.5) is 0 Å². The molecule has 0 spiro atoms. The van der Waals surface area contributed by atoms with E-state index in [0.29, 0.717) is 22.6 Å². The van der Waals surface area contributed by atoms with Crippen molar-refractivity contribution in [1.29, 1.82) is 5.26 Å². The zero-order chi connectivity index (χ0) is 21.1. The van der Waals surface area contributed by atoms with Crippen LogP contribution in [-0.2, 0) is 6.42 Å². The lowest BCUT2D eigenvalue weighted by Crippen LogP contribution is -2.29. The summed E-state index contributed by atoms with van der Waals surface area (Å²) in [5.74, 6) is -0.0653. The highest BCUT2D eigenvalue weighted by molar-refractivity contribution is 6.31. The summed E-state index contributed by atoms with van der Waals surface area (Å²) in [4.78, 5) is 12.1. The molecule has 6 heteroatoms. The molecule has 0 fully saturated rings. The molecule has 5 nitrogen and oxygen atoms in total. The van der Waals surface area contributed by atoms with Crippen molar-refractivity contribution in [2.24, 2.45) is 0 Å². The number of benzene rings is 2. The molecule has 0 aliphatic carbocycles. The highest BCUT2D eigenvalue weighted by Crippen LogP contribution is 2.24. The van der Waals surface area contributed by atoms with E-state index in [1.807, 2.05) is 62.7 Å². The van der Waals surface area contributed by atoms with Gasteiger partial charge in [0.2, 0.25) is 0 Å². The fraction of sp³-hybridized carbons (Fsp3) is 0.261. The molecule has 0 unspecified atom stereocenters. The number of nitriles is 1. The molecule has 29 heavy (non-hydrogen) atoms. The average molecular weight is 407 g/mol. The Morgan fingerprint density at radius 2 is 1.90 bits per heavy atom. The second-order valence-electron chi connectivity index (χ2n) is 7.34. The SMILES string of the molecule is Cc1nn(-c2ccc(C#N)c(Cl)c2)c(C)c1Cc1ccc(C(=O)NC(C)C)cc1. The molecule has 1 aromatic heterocycles. The van der Waals surface area contributed by atoms with Crippen LogP contribution in [0.5, 0.6) is 0 Å². The Morgan fingerprint density at radius 3 is 2.48 bits per heavy atom. The molecule has 2 aromatic carbocycles. The molecule has 0 saturated carbocycles. The number of carbonyl (C=O) groups excluding carboxylic acids is 1. The predicted molar refractivity (Wildman–Crippen MR) is 115 cm³/mol. The third-order valence-electron chi connectivity index (χ3n) is 4.78. The molecule has 0 saturated heterocycles. The number of amides is 1. The lowest BCUT2D eigenvalue weighted by atomic mass is 10.0. The van der Waals surface area contributed by atoms with Crippen LogP contribution in [-0.4, -0.2) is 21.7 Å². The Labute approximate surface area is 175 Å². The van der Waals surface area contributed by atoms with Gasteiger partial charge < -0.3 is 5.32 Å². The number of aromatic nitrogens is 2. The van der Waals surface area contributed by atoms with Gasteiger partial charge in [0, 0.05) is 29.3 Å². The molecule has 0 radical (unpaired) electrons. The van der Waals surface area contributed by atoms with E-state index in [-0.39, 0.29) is 11.9 Å². The maximum absolute atomic E-state index is 12.1. The van der Waals surface area contributed by atoms with E-state index >= 15 is 0 Å². The summed E-state index contributed by atoms with van der Waals surface area (Å²) < 4.78 is 1.85. The monoisotopic (exact) mass is 406 g/mol.